The number of H-pyrrole nitrogens is 1. The number of carbonyl (C=O) groups excluding carboxylic acids is 1. The molecule has 3 heterocycles. The Bertz CT molecular complexity index is 997. The van der Waals surface area contributed by atoms with Crippen LogP contribution in [0.25, 0.3) is 11.2 Å². The number of imidazole rings is 1. The Hall–Kier alpha value is -3.20. The van der Waals surface area contributed by atoms with E-state index in [1.165, 1.54) is 6.33 Å². The van der Waals surface area contributed by atoms with Gasteiger partial charge in [0.25, 0.3) is 5.56 Å². The van der Waals surface area contributed by atoms with Gasteiger partial charge in [-0.2, -0.15) is 4.98 Å². The number of ether oxygens (including phenoxy) is 2. The molecule has 3 aromatic rings. The Morgan fingerprint density at radius 3 is 3.00 bits per heavy atom. The lowest BCUT2D eigenvalue weighted by Gasteiger charge is -2.12. The van der Waals surface area contributed by atoms with Crippen molar-refractivity contribution in [3.05, 3.63) is 52.6 Å². The first-order valence-electron chi connectivity index (χ1n) is 8.18. The number of carbonyl (C=O) groups is 1. The fourth-order valence-corrected chi connectivity index (χ4v) is 3.02. The summed E-state index contributed by atoms with van der Waals surface area (Å²) in [6, 6.07) is 8.82. The Kier molecular flexibility index (Phi) is 4.13. The summed E-state index contributed by atoms with van der Waals surface area (Å²) in [5.41, 5.74) is 6.26. The molecular weight excluding hydrogens is 338 g/mol. The summed E-state index contributed by atoms with van der Waals surface area (Å²) in [5, 5.41) is 0. The van der Waals surface area contributed by atoms with E-state index in [0.29, 0.717) is 24.1 Å². The molecule has 134 valence electrons. The van der Waals surface area contributed by atoms with Crippen LogP contribution >= 0.6 is 0 Å². The third-order valence-corrected chi connectivity index (χ3v) is 4.29. The van der Waals surface area contributed by atoms with Crippen LogP contribution in [0.4, 0.5) is 5.95 Å². The molecule has 9 heteroatoms. The van der Waals surface area contributed by atoms with Gasteiger partial charge in [0.1, 0.15) is 6.23 Å². The van der Waals surface area contributed by atoms with E-state index in [1.807, 2.05) is 6.07 Å². The van der Waals surface area contributed by atoms with Gasteiger partial charge in [-0.15, -0.1) is 0 Å². The quantitative estimate of drug-likeness (QED) is 0.671. The van der Waals surface area contributed by atoms with Crippen LogP contribution in [0.1, 0.15) is 23.0 Å². The maximum Gasteiger partial charge on any atom is 0.338 e. The summed E-state index contributed by atoms with van der Waals surface area (Å²) in [7, 11) is 0. The zero-order valence-electron chi connectivity index (χ0n) is 13.8. The van der Waals surface area contributed by atoms with Gasteiger partial charge in [0.2, 0.25) is 5.95 Å². The van der Waals surface area contributed by atoms with Gasteiger partial charge in [-0.25, -0.2) is 9.78 Å². The van der Waals surface area contributed by atoms with Crippen LogP contribution in [0.2, 0.25) is 0 Å². The van der Waals surface area contributed by atoms with Crippen molar-refractivity contribution in [1.29, 1.82) is 0 Å². The summed E-state index contributed by atoms with van der Waals surface area (Å²) in [4.78, 5) is 34.7. The first-order valence-corrected chi connectivity index (χ1v) is 8.18. The van der Waals surface area contributed by atoms with Crippen molar-refractivity contribution in [2.45, 2.75) is 12.6 Å². The van der Waals surface area contributed by atoms with Crippen LogP contribution in [0.15, 0.2) is 41.5 Å². The highest BCUT2D eigenvalue weighted by molar-refractivity contribution is 5.89. The van der Waals surface area contributed by atoms with E-state index in [2.05, 4.69) is 15.0 Å². The number of rotatable bonds is 4. The van der Waals surface area contributed by atoms with E-state index in [4.69, 9.17) is 15.2 Å². The number of nitrogens with one attached hydrogen (secondary N) is 1. The van der Waals surface area contributed by atoms with Gasteiger partial charge in [-0.05, 0) is 12.1 Å². The Morgan fingerprint density at radius 2 is 2.19 bits per heavy atom. The molecule has 4 rings (SSSR count). The van der Waals surface area contributed by atoms with Crippen molar-refractivity contribution in [3.63, 3.8) is 0 Å². The molecule has 0 saturated carbocycles. The lowest BCUT2D eigenvalue weighted by molar-refractivity contribution is 0.0390. The molecule has 26 heavy (non-hydrogen) atoms. The molecule has 1 aromatic carbocycles. The Labute approximate surface area is 147 Å². The van der Waals surface area contributed by atoms with Crippen LogP contribution < -0.4 is 11.3 Å². The molecule has 1 aliphatic heterocycles. The molecule has 3 N–H and O–H groups in total. The van der Waals surface area contributed by atoms with Gasteiger partial charge >= 0.3 is 5.97 Å². The molecule has 1 fully saturated rings. The van der Waals surface area contributed by atoms with Gasteiger partial charge in [0.05, 0.1) is 25.1 Å². The lowest BCUT2D eigenvalue weighted by Crippen LogP contribution is -2.17. The van der Waals surface area contributed by atoms with Crippen LogP contribution in [0.3, 0.4) is 0 Å². The summed E-state index contributed by atoms with van der Waals surface area (Å²) in [6.07, 6.45) is 1.74. The second-order valence-electron chi connectivity index (χ2n) is 6.13. The fourth-order valence-electron chi connectivity index (χ4n) is 3.02. The van der Waals surface area contributed by atoms with Crippen molar-refractivity contribution in [2.75, 3.05) is 18.9 Å². The van der Waals surface area contributed by atoms with E-state index < -0.39 is 0 Å². The predicted octanol–water partition coefficient (Wildman–Crippen LogP) is 1.09. The minimum atomic E-state index is -0.369. The zero-order chi connectivity index (χ0) is 18.1. The minimum absolute atomic E-state index is 0.0193. The third kappa shape index (κ3) is 3.04. The number of benzene rings is 1. The molecule has 1 saturated heterocycles. The van der Waals surface area contributed by atoms with Crippen LogP contribution in [0, 0.1) is 5.92 Å². The van der Waals surface area contributed by atoms with Crippen molar-refractivity contribution in [2.24, 2.45) is 5.92 Å². The maximum absolute atomic E-state index is 12.1. The number of nitrogens with zero attached hydrogens (tertiary/aromatic N) is 3. The van der Waals surface area contributed by atoms with Gasteiger partial charge in [-0.1, -0.05) is 18.2 Å². The van der Waals surface area contributed by atoms with Gasteiger partial charge < -0.3 is 15.2 Å². The summed E-state index contributed by atoms with van der Waals surface area (Å²) >= 11 is 0. The van der Waals surface area contributed by atoms with Crippen molar-refractivity contribution < 1.29 is 14.3 Å². The topological polar surface area (TPSA) is 125 Å². The molecular formula is C17H17N5O4. The Balaban J connectivity index is 1.43. The summed E-state index contributed by atoms with van der Waals surface area (Å²) < 4.78 is 12.8. The first-order chi connectivity index (χ1) is 12.6. The van der Waals surface area contributed by atoms with E-state index in [1.54, 1.807) is 28.8 Å². The molecule has 0 bridgehead atoms. The van der Waals surface area contributed by atoms with Gasteiger partial charge in [-0.3, -0.25) is 14.3 Å². The summed E-state index contributed by atoms with van der Waals surface area (Å²) in [6.45, 7) is 0.672. The van der Waals surface area contributed by atoms with Crippen molar-refractivity contribution in [1.82, 2.24) is 19.5 Å². The highest BCUT2D eigenvalue weighted by Crippen LogP contribution is 2.29. The number of esters is 1. The largest absolute Gasteiger partial charge is 0.462 e. The number of aromatic nitrogens is 4. The molecule has 0 spiro atoms. The third-order valence-electron chi connectivity index (χ3n) is 4.29. The van der Waals surface area contributed by atoms with E-state index >= 15 is 0 Å². The number of hydrogen-bond donors (Lipinski definition) is 2. The van der Waals surface area contributed by atoms with E-state index in [9.17, 15) is 9.59 Å². The van der Waals surface area contributed by atoms with E-state index in [-0.39, 0.29) is 41.9 Å². The highest BCUT2D eigenvalue weighted by atomic mass is 16.5. The van der Waals surface area contributed by atoms with Crippen LogP contribution in [0.5, 0.6) is 0 Å². The molecule has 2 aromatic heterocycles. The molecule has 0 radical (unpaired) electrons. The second kappa shape index (κ2) is 6.60. The molecule has 2 atom stereocenters. The number of anilines is 1. The van der Waals surface area contributed by atoms with E-state index in [0.717, 1.165) is 0 Å². The zero-order valence-corrected chi connectivity index (χ0v) is 13.8. The molecule has 9 nitrogen and oxygen atoms in total. The SMILES string of the molecule is Nc1nc2ncn(C3CC(COC(=O)c4ccccc4)CO3)c2c(=O)[nH]1. The van der Waals surface area contributed by atoms with Crippen molar-refractivity contribution in [3.8, 4) is 0 Å². The fraction of sp³-hybridized carbons (Fsp3) is 0.294. The molecule has 1 aliphatic rings. The predicted molar refractivity (Wildman–Crippen MR) is 92.4 cm³/mol. The van der Waals surface area contributed by atoms with Crippen LogP contribution in [-0.2, 0) is 9.47 Å². The molecule has 2 unspecified atom stereocenters. The molecule has 0 amide bonds. The number of nitrogen functional groups attached to an aromatic ring is 1. The average Bonchev–Trinajstić information content (AvgIpc) is 3.27. The monoisotopic (exact) mass is 355 g/mol. The molecule has 0 aliphatic carbocycles. The normalized spacial score (nSPS) is 19.7. The first kappa shape index (κ1) is 16.3. The van der Waals surface area contributed by atoms with Gasteiger partial charge in [0.15, 0.2) is 11.2 Å². The second-order valence-corrected chi connectivity index (χ2v) is 6.13. The van der Waals surface area contributed by atoms with Gasteiger partial charge in [0, 0.05) is 12.3 Å². The van der Waals surface area contributed by atoms with Crippen LogP contribution in [-0.4, -0.2) is 38.7 Å². The number of fused-ring (bicyclic) bond motifs is 1. The highest BCUT2D eigenvalue weighted by Gasteiger charge is 2.29. The number of hydrogen-bond acceptors (Lipinski definition) is 7. The summed E-state index contributed by atoms with van der Waals surface area (Å²) in [5.74, 6) is -0.310. The van der Waals surface area contributed by atoms with Crippen molar-refractivity contribution >= 4 is 23.1 Å². The number of aromatic amines is 1. The smallest absolute Gasteiger partial charge is 0.338 e. The lowest BCUT2D eigenvalue weighted by atomic mass is 10.1. The minimum Gasteiger partial charge on any atom is -0.462 e. The number of nitrogens with two attached hydrogens (primary N) is 1. The maximum atomic E-state index is 12.1. The standard InChI is InChI=1S/C17H17N5O4/c18-17-20-14-13(15(23)21-17)22(9-19-14)12-6-10(7-25-12)8-26-16(24)11-4-2-1-3-5-11/h1-5,9-10,12H,6-8H2,(H3,18,20,21,23). The average molecular weight is 355 g/mol. The Morgan fingerprint density at radius 1 is 1.38 bits per heavy atom.